The summed E-state index contributed by atoms with van der Waals surface area (Å²) in [6.45, 7) is 1.12. The Bertz CT molecular complexity index is 137. The number of hydrogen-bond acceptors (Lipinski definition) is 2. The van der Waals surface area contributed by atoms with E-state index < -0.39 is 6.09 Å². The molecule has 1 heterocycles. The Balaban J connectivity index is 2.35. The molecular formula is C6H11NO3. The van der Waals surface area contributed by atoms with E-state index in [4.69, 9.17) is 9.84 Å². The van der Waals surface area contributed by atoms with Gasteiger partial charge in [-0.2, -0.15) is 0 Å². The molecule has 10 heavy (non-hydrogen) atoms. The van der Waals surface area contributed by atoms with Crippen LogP contribution in [0.5, 0.6) is 0 Å². The van der Waals surface area contributed by atoms with Crippen LogP contribution in [0.1, 0.15) is 6.42 Å². The van der Waals surface area contributed by atoms with Gasteiger partial charge in [-0.05, 0) is 6.42 Å². The Hall–Kier alpha value is -0.770. The van der Waals surface area contributed by atoms with Gasteiger partial charge in [-0.25, -0.2) is 4.79 Å². The molecule has 0 aromatic carbocycles. The summed E-state index contributed by atoms with van der Waals surface area (Å²) >= 11 is 0. The number of ether oxygens (including phenoxy) is 1. The van der Waals surface area contributed by atoms with Crippen molar-refractivity contribution in [1.29, 1.82) is 0 Å². The Kier molecular flexibility index (Phi) is 2.11. The first kappa shape index (κ1) is 7.34. The van der Waals surface area contributed by atoms with Crippen molar-refractivity contribution in [2.24, 2.45) is 0 Å². The molecule has 0 aromatic heterocycles. The molecule has 1 aliphatic heterocycles. The van der Waals surface area contributed by atoms with Crippen LogP contribution in [0, 0.1) is 0 Å². The van der Waals surface area contributed by atoms with Crippen LogP contribution >= 0.6 is 0 Å². The zero-order chi connectivity index (χ0) is 7.56. The van der Waals surface area contributed by atoms with Crippen LogP contribution in [0.3, 0.4) is 0 Å². The van der Waals surface area contributed by atoms with Crippen molar-refractivity contribution in [3.63, 3.8) is 0 Å². The molecule has 1 atom stereocenters. The monoisotopic (exact) mass is 145 g/mol. The zero-order valence-electron chi connectivity index (χ0n) is 5.91. The first-order chi connectivity index (χ1) is 4.74. The highest BCUT2D eigenvalue weighted by atomic mass is 16.5. The lowest BCUT2D eigenvalue weighted by atomic mass is 10.3. The maximum atomic E-state index is 10.3. The van der Waals surface area contributed by atoms with Gasteiger partial charge < -0.3 is 14.7 Å². The van der Waals surface area contributed by atoms with Crippen molar-refractivity contribution in [2.45, 2.75) is 12.5 Å². The van der Waals surface area contributed by atoms with E-state index >= 15 is 0 Å². The molecule has 0 aromatic rings. The van der Waals surface area contributed by atoms with Gasteiger partial charge in [0, 0.05) is 13.7 Å². The molecule has 1 fully saturated rings. The topological polar surface area (TPSA) is 49.8 Å². The third-order valence-electron chi connectivity index (χ3n) is 1.75. The minimum atomic E-state index is -0.848. The summed E-state index contributed by atoms with van der Waals surface area (Å²) < 4.78 is 4.99. The fourth-order valence-corrected chi connectivity index (χ4v) is 1.09. The molecule has 4 heteroatoms. The van der Waals surface area contributed by atoms with Gasteiger partial charge in [-0.1, -0.05) is 0 Å². The van der Waals surface area contributed by atoms with Crippen LogP contribution in [0.4, 0.5) is 4.79 Å². The Labute approximate surface area is 59.4 Å². The van der Waals surface area contributed by atoms with E-state index in [1.165, 1.54) is 4.90 Å². The Morgan fingerprint density at radius 2 is 2.50 bits per heavy atom. The lowest BCUT2D eigenvalue weighted by Gasteiger charge is -2.10. The minimum absolute atomic E-state index is 0.107. The van der Waals surface area contributed by atoms with Gasteiger partial charge in [0.15, 0.2) is 0 Å². The van der Waals surface area contributed by atoms with Crippen molar-refractivity contribution in [3.05, 3.63) is 0 Å². The normalized spacial score (nSPS) is 25.3. The van der Waals surface area contributed by atoms with Gasteiger partial charge in [0.05, 0.1) is 12.6 Å². The second kappa shape index (κ2) is 2.88. The first-order valence-corrected chi connectivity index (χ1v) is 3.24. The van der Waals surface area contributed by atoms with Crippen LogP contribution in [0.2, 0.25) is 0 Å². The second-order valence-electron chi connectivity index (χ2n) is 2.37. The minimum Gasteiger partial charge on any atom is -0.465 e. The molecule has 0 radical (unpaired) electrons. The zero-order valence-corrected chi connectivity index (χ0v) is 5.91. The van der Waals surface area contributed by atoms with Crippen LogP contribution in [-0.2, 0) is 4.74 Å². The smallest absolute Gasteiger partial charge is 0.407 e. The number of likely N-dealkylation sites (tertiary alicyclic amines) is 1. The van der Waals surface area contributed by atoms with E-state index in [0.29, 0.717) is 13.1 Å². The molecular weight excluding hydrogens is 134 g/mol. The SMILES string of the molecule is CO[C@@H]1CCN(C(=O)O)C1. The summed E-state index contributed by atoms with van der Waals surface area (Å²) in [4.78, 5) is 11.7. The molecule has 1 aliphatic rings. The maximum Gasteiger partial charge on any atom is 0.407 e. The van der Waals surface area contributed by atoms with Crippen molar-refractivity contribution in [3.8, 4) is 0 Å². The third-order valence-corrected chi connectivity index (χ3v) is 1.75. The number of hydrogen-bond donors (Lipinski definition) is 1. The van der Waals surface area contributed by atoms with Crippen molar-refractivity contribution in [2.75, 3.05) is 20.2 Å². The van der Waals surface area contributed by atoms with Crippen molar-refractivity contribution < 1.29 is 14.6 Å². The number of carboxylic acid groups (broad SMARTS) is 1. The second-order valence-corrected chi connectivity index (χ2v) is 2.37. The van der Waals surface area contributed by atoms with E-state index in [2.05, 4.69) is 0 Å². The third kappa shape index (κ3) is 1.39. The van der Waals surface area contributed by atoms with Crippen LogP contribution in [-0.4, -0.2) is 42.4 Å². The van der Waals surface area contributed by atoms with Gasteiger partial charge in [0.25, 0.3) is 0 Å². The molecule has 0 bridgehead atoms. The molecule has 1 N–H and O–H groups in total. The summed E-state index contributed by atoms with van der Waals surface area (Å²) in [6, 6.07) is 0. The van der Waals surface area contributed by atoms with E-state index in [-0.39, 0.29) is 6.10 Å². The molecule has 0 saturated carbocycles. The fourth-order valence-electron chi connectivity index (χ4n) is 1.09. The molecule has 58 valence electrons. The van der Waals surface area contributed by atoms with E-state index in [9.17, 15) is 4.79 Å². The quantitative estimate of drug-likeness (QED) is 0.580. The Morgan fingerprint density at radius 3 is 2.80 bits per heavy atom. The first-order valence-electron chi connectivity index (χ1n) is 3.24. The van der Waals surface area contributed by atoms with Crippen LogP contribution < -0.4 is 0 Å². The lowest BCUT2D eigenvalue weighted by Crippen LogP contribution is -2.27. The highest BCUT2D eigenvalue weighted by Gasteiger charge is 2.24. The van der Waals surface area contributed by atoms with Gasteiger partial charge in [-0.3, -0.25) is 0 Å². The molecule has 0 spiro atoms. The lowest BCUT2D eigenvalue weighted by molar-refractivity contribution is 0.103. The summed E-state index contributed by atoms with van der Waals surface area (Å²) in [7, 11) is 1.61. The Morgan fingerprint density at radius 1 is 1.80 bits per heavy atom. The van der Waals surface area contributed by atoms with E-state index in [1.807, 2.05) is 0 Å². The average molecular weight is 145 g/mol. The maximum absolute atomic E-state index is 10.3. The number of carbonyl (C=O) groups is 1. The summed E-state index contributed by atoms with van der Waals surface area (Å²) in [5.74, 6) is 0. The molecule has 1 saturated heterocycles. The van der Waals surface area contributed by atoms with Gasteiger partial charge in [0.1, 0.15) is 0 Å². The summed E-state index contributed by atoms with van der Waals surface area (Å²) in [6.07, 6.45) is 0.0821. The summed E-state index contributed by atoms with van der Waals surface area (Å²) in [5, 5.41) is 8.50. The molecule has 1 rings (SSSR count). The fraction of sp³-hybridized carbons (Fsp3) is 0.833. The van der Waals surface area contributed by atoms with Crippen molar-refractivity contribution >= 4 is 6.09 Å². The van der Waals surface area contributed by atoms with E-state index in [1.54, 1.807) is 7.11 Å². The highest BCUT2D eigenvalue weighted by molar-refractivity contribution is 5.65. The predicted octanol–water partition coefficient (Wildman–Crippen LogP) is 0.385. The number of nitrogens with zero attached hydrogens (tertiary/aromatic N) is 1. The summed E-state index contributed by atoms with van der Waals surface area (Å²) in [5.41, 5.74) is 0. The van der Waals surface area contributed by atoms with Gasteiger partial charge in [0.2, 0.25) is 0 Å². The molecule has 4 nitrogen and oxygen atoms in total. The van der Waals surface area contributed by atoms with Crippen molar-refractivity contribution in [1.82, 2.24) is 4.90 Å². The van der Waals surface area contributed by atoms with Gasteiger partial charge >= 0.3 is 6.09 Å². The highest BCUT2D eigenvalue weighted by Crippen LogP contribution is 2.10. The number of methoxy groups -OCH3 is 1. The van der Waals surface area contributed by atoms with Gasteiger partial charge in [-0.15, -0.1) is 0 Å². The standard InChI is InChI=1S/C6H11NO3/c1-10-5-2-3-7(4-5)6(8)9/h5H,2-4H2,1H3,(H,8,9)/t5-/m1/s1. The number of rotatable bonds is 1. The van der Waals surface area contributed by atoms with Crippen LogP contribution in [0.15, 0.2) is 0 Å². The largest absolute Gasteiger partial charge is 0.465 e. The van der Waals surface area contributed by atoms with E-state index in [0.717, 1.165) is 6.42 Å². The predicted molar refractivity (Wildman–Crippen MR) is 35.0 cm³/mol. The molecule has 1 amide bonds. The molecule has 0 aliphatic carbocycles. The molecule has 0 unspecified atom stereocenters. The average Bonchev–Trinajstić information content (AvgIpc) is 2.34. The number of amides is 1. The van der Waals surface area contributed by atoms with Crippen LogP contribution in [0.25, 0.3) is 0 Å².